The van der Waals surface area contributed by atoms with Crippen molar-refractivity contribution in [2.75, 3.05) is 0 Å². The van der Waals surface area contributed by atoms with E-state index in [4.69, 9.17) is 4.42 Å². The molecule has 7 heteroatoms. The van der Waals surface area contributed by atoms with Crippen LogP contribution in [0.1, 0.15) is 30.9 Å². The minimum Gasteiger partial charge on any atom is -0.464 e. The Morgan fingerprint density at radius 1 is 1.29 bits per heavy atom. The van der Waals surface area contributed by atoms with Gasteiger partial charge in [0.1, 0.15) is 17.0 Å². The summed E-state index contributed by atoms with van der Waals surface area (Å²) in [5.74, 6) is 1.31. The van der Waals surface area contributed by atoms with E-state index in [1.807, 2.05) is 26.0 Å². The van der Waals surface area contributed by atoms with Crippen LogP contribution >= 0.6 is 0 Å². The molecule has 2 aromatic heterocycles. The molecular weight excluding hydrogens is 308 g/mol. The summed E-state index contributed by atoms with van der Waals surface area (Å²) >= 11 is 0. The number of amides is 1. The zero-order valence-electron chi connectivity index (χ0n) is 13.5. The number of rotatable bonds is 5. The van der Waals surface area contributed by atoms with Gasteiger partial charge >= 0.3 is 0 Å². The van der Waals surface area contributed by atoms with Gasteiger partial charge in [-0.1, -0.05) is 17.3 Å². The molecule has 0 aliphatic carbocycles. The Kier molecular flexibility index (Phi) is 4.41. The second-order valence-electron chi connectivity index (χ2n) is 5.62. The molecule has 24 heavy (non-hydrogen) atoms. The standard InChI is InChI=1S/C17H18N4O3/c1-11-7-8-15(24-11)12(2)18-16(22)9-10-21-17(23)13-5-3-4-6-14(13)19-20-21/h3-8,12H,9-10H2,1-2H3,(H,18,22). The van der Waals surface area contributed by atoms with Crippen LogP contribution < -0.4 is 10.9 Å². The Morgan fingerprint density at radius 2 is 2.08 bits per heavy atom. The van der Waals surface area contributed by atoms with Crippen LogP contribution in [-0.2, 0) is 11.3 Å². The van der Waals surface area contributed by atoms with Gasteiger partial charge in [0.15, 0.2) is 0 Å². The predicted octanol–water partition coefficient (Wildman–Crippen LogP) is 1.96. The van der Waals surface area contributed by atoms with Crippen molar-refractivity contribution in [3.63, 3.8) is 0 Å². The van der Waals surface area contributed by atoms with E-state index in [1.165, 1.54) is 4.68 Å². The van der Waals surface area contributed by atoms with E-state index < -0.39 is 0 Å². The maximum absolute atomic E-state index is 12.3. The highest BCUT2D eigenvalue weighted by Gasteiger charge is 2.13. The Labute approximate surface area is 138 Å². The number of nitrogens with zero attached hydrogens (tertiary/aromatic N) is 3. The van der Waals surface area contributed by atoms with Gasteiger partial charge in [0, 0.05) is 6.42 Å². The topological polar surface area (TPSA) is 90.0 Å². The van der Waals surface area contributed by atoms with Gasteiger partial charge in [-0.05, 0) is 38.1 Å². The zero-order chi connectivity index (χ0) is 17.1. The van der Waals surface area contributed by atoms with E-state index in [1.54, 1.807) is 24.3 Å². The number of carbonyl (C=O) groups is 1. The van der Waals surface area contributed by atoms with Crippen molar-refractivity contribution in [1.29, 1.82) is 0 Å². The molecule has 0 fully saturated rings. The average molecular weight is 326 g/mol. The van der Waals surface area contributed by atoms with E-state index in [-0.39, 0.29) is 30.5 Å². The second kappa shape index (κ2) is 6.66. The van der Waals surface area contributed by atoms with E-state index >= 15 is 0 Å². The van der Waals surface area contributed by atoms with Crippen molar-refractivity contribution < 1.29 is 9.21 Å². The van der Waals surface area contributed by atoms with Gasteiger partial charge in [0.25, 0.3) is 5.56 Å². The quantitative estimate of drug-likeness (QED) is 0.774. The molecular formula is C17H18N4O3. The lowest BCUT2D eigenvalue weighted by molar-refractivity contribution is -0.122. The van der Waals surface area contributed by atoms with E-state index in [0.717, 1.165) is 5.76 Å². The van der Waals surface area contributed by atoms with Crippen molar-refractivity contribution in [3.8, 4) is 0 Å². The molecule has 124 valence electrons. The highest BCUT2D eigenvalue weighted by atomic mass is 16.3. The van der Waals surface area contributed by atoms with Gasteiger partial charge in [-0.3, -0.25) is 9.59 Å². The lowest BCUT2D eigenvalue weighted by atomic mass is 10.2. The third-order valence-electron chi connectivity index (χ3n) is 3.75. The number of furan rings is 1. The minimum atomic E-state index is -0.247. The molecule has 0 saturated carbocycles. The van der Waals surface area contributed by atoms with Crippen LogP contribution in [0.3, 0.4) is 0 Å². The number of hydrogen-bond donors (Lipinski definition) is 1. The minimum absolute atomic E-state index is 0.136. The van der Waals surface area contributed by atoms with Crippen molar-refractivity contribution in [2.45, 2.75) is 32.9 Å². The number of hydrogen-bond acceptors (Lipinski definition) is 5. The Morgan fingerprint density at radius 3 is 2.83 bits per heavy atom. The normalized spacial score (nSPS) is 12.2. The van der Waals surface area contributed by atoms with Gasteiger partial charge < -0.3 is 9.73 Å². The fourth-order valence-corrected chi connectivity index (χ4v) is 2.45. The fourth-order valence-electron chi connectivity index (χ4n) is 2.45. The van der Waals surface area contributed by atoms with Gasteiger partial charge in [0.2, 0.25) is 5.91 Å². The van der Waals surface area contributed by atoms with Gasteiger partial charge in [-0.15, -0.1) is 5.10 Å². The number of carbonyl (C=O) groups excluding carboxylic acids is 1. The van der Waals surface area contributed by atoms with Crippen LogP contribution in [-0.4, -0.2) is 20.9 Å². The summed E-state index contributed by atoms with van der Waals surface area (Å²) in [7, 11) is 0. The average Bonchev–Trinajstić information content (AvgIpc) is 3.01. The van der Waals surface area contributed by atoms with Crippen molar-refractivity contribution in [3.05, 3.63) is 58.3 Å². The summed E-state index contributed by atoms with van der Waals surface area (Å²) in [6.45, 7) is 3.87. The Hall–Kier alpha value is -2.96. The van der Waals surface area contributed by atoms with E-state index in [2.05, 4.69) is 15.6 Å². The van der Waals surface area contributed by atoms with E-state index in [9.17, 15) is 9.59 Å². The molecule has 3 rings (SSSR count). The van der Waals surface area contributed by atoms with Crippen LogP contribution in [0.2, 0.25) is 0 Å². The first-order valence-corrected chi connectivity index (χ1v) is 7.73. The Bertz CT molecular complexity index is 929. The van der Waals surface area contributed by atoms with Gasteiger partial charge in [0.05, 0.1) is 18.0 Å². The number of benzene rings is 1. The summed E-state index contributed by atoms with van der Waals surface area (Å²) in [6.07, 6.45) is 0.136. The molecule has 0 spiro atoms. The molecule has 1 aromatic carbocycles. The molecule has 1 atom stereocenters. The maximum atomic E-state index is 12.3. The first-order valence-electron chi connectivity index (χ1n) is 7.73. The summed E-state index contributed by atoms with van der Waals surface area (Å²) in [6, 6.07) is 10.5. The predicted molar refractivity (Wildman–Crippen MR) is 88.4 cm³/mol. The molecule has 3 aromatic rings. The lowest BCUT2D eigenvalue weighted by Gasteiger charge is -2.11. The van der Waals surface area contributed by atoms with Crippen LogP contribution in [0.15, 0.2) is 45.6 Å². The first-order chi connectivity index (χ1) is 11.5. The molecule has 0 aliphatic rings. The molecule has 0 aliphatic heterocycles. The van der Waals surface area contributed by atoms with Crippen LogP contribution in [0, 0.1) is 6.92 Å². The number of nitrogens with one attached hydrogen (secondary N) is 1. The molecule has 0 saturated heterocycles. The molecule has 7 nitrogen and oxygen atoms in total. The molecule has 0 radical (unpaired) electrons. The lowest BCUT2D eigenvalue weighted by Crippen LogP contribution is -2.30. The third kappa shape index (κ3) is 3.34. The highest BCUT2D eigenvalue weighted by molar-refractivity contribution is 5.77. The monoisotopic (exact) mass is 326 g/mol. The van der Waals surface area contributed by atoms with Crippen LogP contribution in [0.5, 0.6) is 0 Å². The largest absolute Gasteiger partial charge is 0.464 e. The highest BCUT2D eigenvalue weighted by Crippen LogP contribution is 2.15. The molecule has 0 bridgehead atoms. The van der Waals surface area contributed by atoms with Crippen molar-refractivity contribution in [2.24, 2.45) is 0 Å². The number of fused-ring (bicyclic) bond motifs is 1. The van der Waals surface area contributed by atoms with Crippen LogP contribution in [0.25, 0.3) is 10.9 Å². The second-order valence-corrected chi connectivity index (χ2v) is 5.62. The maximum Gasteiger partial charge on any atom is 0.277 e. The van der Waals surface area contributed by atoms with E-state index in [0.29, 0.717) is 16.7 Å². The smallest absolute Gasteiger partial charge is 0.277 e. The SMILES string of the molecule is Cc1ccc(C(C)NC(=O)CCn2nnc3ccccc3c2=O)o1. The first kappa shape index (κ1) is 15.9. The molecule has 2 heterocycles. The summed E-state index contributed by atoms with van der Waals surface area (Å²) in [5, 5.41) is 11.2. The fraction of sp³-hybridized carbons (Fsp3) is 0.294. The summed E-state index contributed by atoms with van der Waals surface area (Å²) in [5.41, 5.74) is 0.299. The van der Waals surface area contributed by atoms with Crippen molar-refractivity contribution >= 4 is 16.8 Å². The van der Waals surface area contributed by atoms with Gasteiger partial charge in [-0.25, -0.2) is 4.68 Å². The number of aryl methyl sites for hydroxylation is 2. The zero-order valence-corrected chi connectivity index (χ0v) is 13.5. The molecule has 1 amide bonds. The summed E-state index contributed by atoms with van der Waals surface area (Å²) in [4.78, 5) is 24.4. The third-order valence-corrected chi connectivity index (χ3v) is 3.75. The molecule has 1 unspecified atom stereocenters. The Balaban J connectivity index is 1.64. The van der Waals surface area contributed by atoms with Gasteiger partial charge in [-0.2, -0.15) is 0 Å². The number of aromatic nitrogens is 3. The van der Waals surface area contributed by atoms with Crippen molar-refractivity contribution in [1.82, 2.24) is 20.3 Å². The molecule has 1 N–H and O–H groups in total. The van der Waals surface area contributed by atoms with Crippen LogP contribution in [0.4, 0.5) is 0 Å². The summed E-state index contributed by atoms with van der Waals surface area (Å²) < 4.78 is 6.70.